The van der Waals surface area contributed by atoms with Crippen molar-refractivity contribution in [3.63, 3.8) is 0 Å². The lowest BCUT2D eigenvalue weighted by atomic mass is 10.3. The van der Waals surface area contributed by atoms with Gasteiger partial charge in [0.2, 0.25) is 0 Å². The fraction of sp³-hybridized carbons (Fsp3) is 1.00. The second-order valence-electron chi connectivity index (χ2n) is 2.12. The van der Waals surface area contributed by atoms with Gasteiger partial charge in [-0.3, -0.25) is 0 Å². The fourth-order valence-electron chi connectivity index (χ4n) is 1.05. The van der Waals surface area contributed by atoms with E-state index in [0.29, 0.717) is 0 Å². The van der Waals surface area contributed by atoms with Crippen LogP contribution in [-0.2, 0) is 8.85 Å². The minimum atomic E-state index is -0.963. The summed E-state index contributed by atoms with van der Waals surface area (Å²) in [6.45, 7) is 1.97. The topological polar surface area (TPSA) is 18.5 Å². The van der Waals surface area contributed by atoms with Crippen LogP contribution in [0.15, 0.2) is 0 Å². The molecule has 0 N–H and O–H groups in total. The molecule has 2 unspecified atom stereocenters. The highest BCUT2D eigenvalue weighted by atomic mass is 28.3. The predicted octanol–water partition coefficient (Wildman–Crippen LogP) is 0.0276. The zero-order valence-corrected chi connectivity index (χ0v) is 5.25. The highest BCUT2D eigenvalue weighted by Crippen LogP contribution is 2.32. The van der Waals surface area contributed by atoms with Gasteiger partial charge in [0.15, 0.2) is 0 Å². The van der Waals surface area contributed by atoms with Crippen LogP contribution in [0.3, 0.4) is 0 Å². The van der Waals surface area contributed by atoms with Crippen molar-refractivity contribution in [2.75, 3.05) is 13.2 Å². The number of hydrogen-bond donors (Lipinski definition) is 0. The van der Waals surface area contributed by atoms with Crippen LogP contribution < -0.4 is 0 Å². The largest absolute Gasteiger partial charge is 0.396 e. The molecule has 0 spiro atoms. The minimum absolute atomic E-state index is 0.889. The van der Waals surface area contributed by atoms with E-state index in [4.69, 9.17) is 8.85 Å². The van der Waals surface area contributed by atoms with Crippen molar-refractivity contribution >= 4 is 9.28 Å². The summed E-state index contributed by atoms with van der Waals surface area (Å²) >= 11 is 0. The van der Waals surface area contributed by atoms with Gasteiger partial charge in [-0.25, -0.2) is 0 Å². The first-order valence-corrected chi connectivity index (χ1v) is 4.31. The van der Waals surface area contributed by atoms with E-state index < -0.39 is 9.28 Å². The van der Waals surface area contributed by atoms with Crippen molar-refractivity contribution in [2.45, 2.75) is 12.0 Å². The lowest BCUT2D eigenvalue weighted by Crippen LogP contribution is -2.36. The van der Waals surface area contributed by atoms with Crippen LogP contribution in [0, 0.1) is 0 Å². The maximum Gasteiger partial charge on any atom is 0.327 e. The predicted molar refractivity (Wildman–Crippen MR) is 27.4 cm³/mol. The molecule has 3 heteroatoms. The molecule has 0 aromatic carbocycles. The Labute approximate surface area is 44.3 Å². The summed E-state index contributed by atoms with van der Waals surface area (Å²) in [4.78, 5) is 0. The molecule has 2 rings (SSSR count). The number of rotatable bonds is 0. The number of hydrogen-bond acceptors (Lipinski definition) is 2. The quantitative estimate of drug-likeness (QED) is 0.416. The second kappa shape index (κ2) is 1.31. The first-order valence-electron chi connectivity index (χ1n) is 2.70. The molecule has 2 atom stereocenters. The van der Waals surface area contributed by atoms with Crippen LogP contribution in [0.1, 0.15) is 6.42 Å². The molecule has 0 radical (unpaired) electrons. The third-order valence-corrected chi connectivity index (χ3v) is 4.01. The molecule has 0 saturated carbocycles. The van der Waals surface area contributed by atoms with Gasteiger partial charge in [0.25, 0.3) is 0 Å². The van der Waals surface area contributed by atoms with Gasteiger partial charge in [0, 0.05) is 18.8 Å². The summed E-state index contributed by atoms with van der Waals surface area (Å²) in [5.41, 5.74) is 0.889. The van der Waals surface area contributed by atoms with E-state index in [9.17, 15) is 0 Å². The maximum absolute atomic E-state index is 5.27. The average molecular weight is 116 g/mol. The summed E-state index contributed by atoms with van der Waals surface area (Å²) in [5.74, 6) is 0. The Kier molecular flexibility index (Phi) is 0.757. The summed E-state index contributed by atoms with van der Waals surface area (Å²) in [6.07, 6.45) is 1.27. The molecular formula is C4H8O2Si. The van der Waals surface area contributed by atoms with E-state index in [2.05, 4.69) is 0 Å². The molecule has 7 heavy (non-hydrogen) atoms. The molecule has 0 amide bonds. The average Bonchev–Trinajstić information content (AvgIpc) is 1.85. The van der Waals surface area contributed by atoms with Gasteiger partial charge in [-0.2, -0.15) is 0 Å². The summed E-state index contributed by atoms with van der Waals surface area (Å²) in [7, 11) is -0.963. The van der Waals surface area contributed by atoms with Crippen LogP contribution in [0.5, 0.6) is 0 Å². The van der Waals surface area contributed by atoms with Gasteiger partial charge < -0.3 is 8.85 Å². The monoisotopic (exact) mass is 116 g/mol. The Morgan fingerprint density at radius 1 is 1.43 bits per heavy atom. The van der Waals surface area contributed by atoms with E-state index in [1.54, 1.807) is 0 Å². The lowest BCUT2D eigenvalue weighted by molar-refractivity contribution is 0.180. The van der Waals surface area contributed by atoms with Crippen LogP contribution in [0.25, 0.3) is 0 Å². The van der Waals surface area contributed by atoms with Gasteiger partial charge >= 0.3 is 9.28 Å². The van der Waals surface area contributed by atoms with Gasteiger partial charge in [0.05, 0.1) is 0 Å². The van der Waals surface area contributed by atoms with E-state index in [-0.39, 0.29) is 0 Å². The molecule has 0 aromatic rings. The summed E-state index contributed by atoms with van der Waals surface area (Å²) in [5, 5.41) is 0. The summed E-state index contributed by atoms with van der Waals surface area (Å²) in [6, 6.07) is 0. The van der Waals surface area contributed by atoms with Crippen molar-refractivity contribution < 1.29 is 8.85 Å². The van der Waals surface area contributed by atoms with Crippen LogP contribution in [-0.4, -0.2) is 22.5 Å². The molecule has 0 bridgehead atoms. The molecule has 2 heterocycles. The molecule has 2 aliphatic heterocycles. The Hall–Kier alpha value is 0.137. The molecule has 2 aliphatic rings. The Bertz CT molecular complexity index is 75.8. The van der Waals surface area contributed by atoms with Crippen molar-refractivity contribution in [1.82, 2.24) is 0 Å². The molecule has 2 nitrogen and oxygen atoms in total. The zero-order chi connectivity index (χ0) is 4.69. The Morgan fingerprint density at radius 3 is 2.71 bits per heavy atom. The Morgan fingerprint density at radius 2 is 2.43 bits per heavy atom. The Balaban J connectivity index is 2.03. The van der Waals surface area contributed by atoms with E-state index in [0.717, 1.165) is 18.8 Å². The molecule has 0 aliphatic carbocycles. The van der Waals surface area contributed by atoms with Crippen LogP contribution >= 0.6 is 0 Å². The smallest absolute Gasteiger partial charge is 0.327 e. The second-order valence-corrected chi connectivity index (χ2v) is 4.47. The molecule has 0 aromatic heterocycles. The highest BCUT2D eigenvalue weighted by molar-refractivity contribution is 6.49. The highest BCUT2D eigenvalue weighted by Gasteiger charge is 2.40. The van der Waals surface area contributed by atoms with E-state index >= 15 is 0 Å². The van der Waals surface area contributed by atoms with Crippen LogP contribution in [0.4, 0.5) is 0 Å². The molecule has 40 valence electrons. The van der Waals surface area contributed by atoms with Crippen molar-refractivity contribution in [1.29, 1.82) is 0 Å². The van der Waals surface area contributed by atoms with Gasteiger partial charge in [-0.05, 0) is 6.42 Å². The summed E-state index contributed by atoms with van der Waals surface area (Å²) < 4.78 is 10.4. The van der Waals surface area contributed by atoms with Crippen molar-refractivity contribution in [3.05, 3.63) is 0 Å². The normalized spacial score (nSPS) is 48.0. The minimum Gasteiger partial charge on any atom is -0.396 e. The van der Waals surface area contributed by atoms with Gasteiger partial charge in [-0.15, -0.1) is 0 Å². The third-order valence-electron chi connectivity index (χ3n) is 1.63. The molecular weight excluding hydrogens is 108 g/mol. The third kappa shape index (κ3) is 0.458. The SMILES string of the molecule is C1CC2CO[SiH]2O1. The maximum atomic E-state index is 5.27. The standard InChI is InChI=1S/C4H8O2Si/c1-2-5-7-4(1)3-6-7/h4,7H,1-3H2. The lowest BCUT2D eigenvalue weighted by Gasteiger charge is -2.26. The first kappa shape index (κ1) is 4.06. The van der Waals surface area contributed by atoms with Gasteiger partial charge in [0.1, 0.15) is 0 Å². The first-order chi connectivity index (χ1) is 3.47. The van der Waals surface area contributed by atoms with Crippen LogP contribution in [0.2, 0.25) is 5.54 Å². The van der Waals surface area contributed by atoms with Crippen molar-refractivity contribution in [3.8, 4) is 0 Å². The van der Waals surface area contributed by atoms with E-state index in [1.165, 1.54) is 6.42 Å². The zero-order valence-electron chi connectivity index (χ0n) is 4.09. The molecule has 2 saturated heterocycles. The fourth-order valence-corrected chi connectivity index (χ4v) is 2.82. The van der Waals surface area contributed by atoms with E-state index in [1.807, 2.05) is 0 Å². The molecule has 2 fully saturated rings. The van der Waals surface area contributed by atoms with Crippen molar-refractivity contribution in [2.24, 2.45) is 0 Å². The number of fused-ring (bicyclic) bond motifs is 1. The van der Waals surface area contributed by atoms with Gasteiger partial charge in [-0.1, -0.05) is 0 Å².